The molecule has 2 aromatic rings. The topological polar surface area (TPSA) is 75.6 Å². The van der Waals surface area contributed by atoms with Crippen LogP contribution in [-0.2, 0) is 9.53 Å². The van der Waals surface area contributed by atoms with Crippen molar-refractivity contribution in [2.24, 2.45) is 0 Å². The molecule has 1 amide bonds. The van der Waals surface area contributed by atoms with Gasteiger partial charge in [0.2, 0.25) is 11.2 Å². The van der Waals surface area contributed by atoms with Gasteiger partial charge in [0, 0.05) is 38.5 Å². The van der Waals surface area contributed by atoms with Crippen LogP contribution >= 0.6 is 22.9 Å². The van der Waals surface area contributed by atoms with Crippen LogP contribution in [0.4, 0.5) is 5.82 Å². The number of esters is 1. The fourth-order valence-electron chi connectivity index (χ4n) is 2.72. The van der Waals surface area contributed by atoms with Gasteiger partial charge in [-0.05, 0) is 18.5 Å². The molecule has 0 unspecified atom stereocenters. The average molecular weight is 369 g/mol. The summed E-state index contributed by atoms with van der Waals surface area (Å²) in [6, 6.07) is 0. The smallest absolute Gasteiger partial charge is 0.339 e. The molecule has 0 N–H and O–H groups in total. The number of ether oxygens (including phenoxy) is 1. The maximum Gasteiger partial charge on any atom is 0.339 e. The second-order valence-corrected chi connectivity index (χ2v) is 6.56. The first-order chi connectivity index (χ1) is 11.5. The molecule has 0 bridgehead atoms. The normalized spacial score (nSPS) is 15.0. The summed E-state index contributed by atoms with van der Waals surface area (Å²) in [5, 5.41) is 2.53. The largest absolute Gasteiger partial charge is 0.462 e. The summed E-state index contributed by atoms with van der Waals surface area (Å²) in [5.74, 6) is 0.291. The Hall–Kier alpha value is -1.93. The van der Waals surface area contributed by atoms with Crippen molar-refractivity contribution in [2.75, 3.05) is 37.7 Å². The van der Waals surface area contributed by atoms with Crippen molar-refractivity contribution in [3.63, 3.8) is 0 Å². The molecule has 3 rings (SSSR count). The Morgan fingerprint density at radius 2 is 2.00 bits per heavy atom. The van der Waals surface area contributed by atoms with Gasteiger partial charge in [0.05, 0.1) is 17.6 Å². The van der Waals surface area contributed by atoms with Gasteiger partial charge in [-0.2, -0.15) is 4.98 Å². The molecule has 24 heavy (non-hydrogen) atoms. The van der Waals surface area contributed by atoms with E-state index < -0.39 is 5.97 Å². The summed E-state index contributed by atoms with van der Waals surface area (Å²) in [4.78, 5) is 36.7. The first-order valence-corrected chi connectivity index (χ1v) is 8.89. The van der Waals surface area contributed by atoms with Crippen LogP contribution in [0.2, 0.25) is 5.28 Å². The van der Waals surface area contributed by atoms with E-state index in [2.05, 4.69) is 9.97 Å². The number of piperazine rings is 1. The summed E-state index contributed by atoms with van der Waals surface area (Å²) in [6.45, 7) is 6.10. The van der Waals surface area contributed by atoms with Gasteiger partial charge >= 0.3 is 5.97 Å². The highest BCUT2D eigenvalue weighted by atomic mass is 35.5. The van der Waals surface area contributed by atoms with E-state index in [9.17, 15) is 9.59 Å². The number of hydrogen-bond acceptors (Lipinski definition) is 7. The summed E-state index contributed by atoms with van der Waals surface area (Å²) in [5.41, 5.74) is 0.456. The maximum atomic E-state index is 12.2. The second-order valence-electron chi connectivity index (χ2n) is 5.36. The van der Waals surface area contributed by atoms with Crippen molar-refractivity contribution in [2.45, 2.75) is 13.8 Å². The quantitative estimate of drug-likeness (QED) is 0.610. The molecule has 0 radical (unpaired) electrons. The third-order valence-electron chi connectivity index (χ3n) is 3.91. The standard InChI is InChI=1S/C15H17ClN4O3S/c1-3-23-14(22)10-8-24-13-11(10)12(17-15(16)18-13)20-6-4-19(5-7-20)9(2)21/h8H,3-7H2,1-2H3. The Morgan fingerprint density at radius 1 is 1.29 bits per heavy atom. The molecular formula is C15H17ClN4O3S. The molecule has 1 aliphatic heterocycles. The molecule has 1 aliphatic rings. The highest BCUT2D eigenvalue weighted by molar-refractivity contribution is 7.17. The lowest BCUT2D eigenvalue weighted by Gasteiger charge is -2.35. The molecule has 128 valence electrons. The lowest BCUT2D eigenvalue weighted by Crippen LogP contribution is -2.48. The fourth-order valence-corrected chi connectivity index (χ4v) is 3.84. The van der Waals surface area contributed by atoms with Gasteiger partial charge < -0.3 is 14.5 Å². The van der Waals surface area contributed by atoms with Gasteiger partial charge in [-0.25, -0.2) is 9.78 Å². The van der Waals surface area contributed by atoms with Crippen molar-refractivity contribution in [1.29, 1.82) is 0 Å². The number of nitrogens with zero attached hydrogens (tertiary/aromatic N) is 4. The second kappa shape index (κ2) is 6.90. The Kier molecular flexibility index (Phi) is 4.86. The average Bonchev–Trinajstić information content (AvgIpc) is 2.98. The van der Waals surface area contributed by atoms with E-state index in [1.807, 2.05) is 4.90 Å². The Bertz CT molecular complexity index is 786. The van der Waals surface area contributed by atoms with Crippen LogP contribution in [0.25, 0.3) is 10.2 Å². The van der Waals surface area contributed by atoms with E-state index in [0.717, 1.165) is 0 Å². The predicted molar refractivity (Wildman–Crippen MR) is 92.8 cm³/mol. The molecule has 0 aromatic carbocycles. The third-order valence-corrected chi connectivity index (χ3v) is 4.95. The van der Waals surface area contributed by atoms with E-state index in [1.54, 1.807) is 24.1 Å². The molecular weight excluding hydrogens is 352 g/mol. The van der Waals surface area contributed by atoms with Gasteiger partial charge in [0.1, 0.15) is 10.6 Å². The Balaban J connectivity index is 1.99. The molecule has 2 aromatic heterocycles. The van der Waals surface area contributed by atoms with Gasteiger partial charge in [-0.15, -0.1) is 11.3 Å². The van der Waals surface area contributed by atoms with Crippen molar-refractivity contribution < 1.29 is 14.3 Å². The van der Waals surface area contributed by atoms with Crippen LogP contribution in [0.5, 0.6) is 0 Å². The van der Waals surface area contributed by atoms with Crippen LogP contribution in [0, 0.1) is 0 Å². The number of fused-ring (bicyclic) bond motifs is 1. The van der Waals surface area contributed by atoms with Crippen molar-refractivity contribution in [1.82, 2.24) is 14.9 Å². The van der Waals surface area contributed by atoms with Crippen LogP contribution in [-0.4, -0.2) is 59.5 Å². The number of carbonyl (C=O) groups excluding carboxylic acids is 2. The van der Waals surface area contributed by atoms with Gasteiger partial charge in [0.25, 0.3) is 0 Å². The number of rotatable bonds is 3. The summed E-state index contributed by atoms with van der Waals surface area (Å²) >= 11 is 7.39. The lowest BCUT2D eigenvalue weighted by atomic mass is 10.2. The van der Waals surface area contributed by atoms with Crippen molar-refractivity contribution in [3.05, 3.63) is 16.2 Å². The van der Waals surface area contributed by atoms with Gasteiger partial charge in [0.15, 0.2) is 0 Å². The molecule has 0 aliphatic carbocycles. The summed E-state index contributed by atoms with van der Waals surface area (Å²) in [7, 11) is 0. The lowest BCUT2D eigenvalue weighted by molar-refractivity contribution is -0.129. The molecule has 3 heterocycles. The summed E-state index contributed by atoms with van der Waals surface area (Å²) < 4.78 is 5.12. The number of carbonyl (C=O) groups is 2. The fraction of sp³-hybridized carbons (Fsp3) is 0.467. The van der Waals surface area contributed by atoms with E-state index in [4.69, 9.17) is 16.3 Å². The predicted octanol–water partition coefficient (Wildman–Crippen LogP) is 2.19. The van der Waals surface area contributed by atoms with Gasteiger partial charge in [-0.3, -0.25) is 4.79 Å². The number of thiophene rings is 1. The zero-order valence-corrected chi connectivity index (χ0v) is 15.0. The number of halogens is 1. The highest BCUT2D eigenvalue weighted by Gasteiger charge is 2.26. The number of hydrogen-bond donors (Lipinski definition) is 0. The molecule has 1 saturated heterocycles. The number of amides is 1. The summed E-state index contributed by atoms with van der Waals surface area (Å²) in [6.07, 6.45) is 0. The van der Waals surface area contributed by atoms with Crippen molar-refractivity contribution >= 4 is 50.8 Å². The Labute approximate surface area is 148 Å². The first-order valence-electron chi connectivity index (χ1n) is 7.63. The molecule has 7 nitrogen and oxygen atoms in total. The van der Waals surface area contributed by atoms with Crippen molar-refractivity contribution in [3.8, 4) is 0 Å². The molecule has 0 saturated carbocycles. The first kappa shape index (κ1) is 16.9. The number of aromatic nitrogens is 2. The van der Waals surface area contributed by atoms with E-state index in [-0.39, 0.29) is 11.2 Å². The zero-order valence-electron chi connectivity index (χ0n) is 13.4. The minimum atomic E-state index is -0.390. The van der Waals surface area contributed by atoms with Crippen LogP contribution < -0.4 is 4.90 Å². The van der Waals surface area contributed by atoms with Gasteiger partial charge in [-0.1, -0.05) is 0 Å². The third kappa shape index (κ3) is 3.16. The highest BCUT2D eigenvalue weighted by Crippen LogP contribution is 2.34. The Morgan fingerprint density at radius 3 is 2.62 bits per heavy atom. The van der Waals surface area contributed by atoms with Crippen LogP contribution in [0.1, 0.15) is 24.2 Å². The van der Waals surface area contributed by atoms with Crippen LogP contribution in [0.15, 0.2) is 5.38 Å². The molecule has 0 atom stereocenters. The minimum absolute atomic E-state index is 0.0586. The van der Waals surface area contributed by atoms with Crippen LogP contribution in [0.3, 0.4) is 0 Å². The molecule has 9 heteroatoms. The van der Waals surface area contributed by atoms with E-state index >= 15 is 0 Å². The maximum absolute atomic E-state index is 12.2. The minimum Gasteiger partial charge on any atom is -0.462 e. The molecule has 0 spiro atoms. The SMILES string of the molecule is CCOC(=O)c1csc2nc(Cl)nc(N3CCN(C(C)=O)CC3)c12. The van der Waals surface area contributed by atoms with E-state index in [0.29, 0.717) is 54.4 Å². The molecule has 1 fully saturated rings. The zero-order chi connectivity index (χ0) is 17.3. The van der Waals surface area contributed by atoms with E-state index in [1.165, 1.54) is 11.3 Å². The number of anilines is 1. The monoisotopic (exact) mass is 368 g/mol.